The molecule has 0 spiro atoms. The summed E-state index contributed by atoms with van der Waals surface area (Å²) >= 11 is 0. The highest BCUT2D eigenvalue weighted by molar-refractivity contribution is 5.77. The average molecular weight is 262 g/mol. The van der Waals surface area contributed by atoms with Gasteiger partial charge in [-0.2, -0.15) is 0 Å². The molecule has 102 valence electrons. The Balaban J connectivity index is 1.86. The molecule has 4 N–H and O–H groups in total. The zero-order valence-electron chi connectivity index (χ0n) is 10.9. The number of aryl methyl sites for hydroxylation is 1. The first-order valence-corrected chi connectivity index (χ1v) is 6.19. The Bertz CT molecular complexity index is 565. The van der Waals surface area contributed by atoms with E-state index in [0.29, 0.717) is 18.9 Å². The van der Waals surface area contributed by atoms with Gasteiger partial charge in [0.25, 0.3) is 0 Å². The van der Waals surface area contributed by atoms with Gasteiger partial charge in [-0.15, -0.1) is 0 Å². The summed E-state index contributed by atoms with van der Waals surface area (Å²) in [5.74, 6) is 0.546. The van der Waals surface area contributed by atoms with Gasteiger partial charge in [0.05, 0.1) is 11.0 Å². The van der Waals surface area contributed by atoms with E-state index in [2.05, 4.69) is 15.3 Å². The number of nitrogens with zero attached hydrogens (tertiary/aromatic N) is 1. The van der Waals surface area contributed by atoms with Gasteiger partial charge in [0.1, 0.15) is 19.0 Å². The van der Waals surface area contributed by atoms with Gasteiger partial charge in [0.2, 0.25) is 5.91 Å². The van der Waals surface area contributed by atoms with Crippen LogP contribution in [0.25, 0.3) is 11.0 Å². The molecule has 0 aliphatic carbocycles. The molecule has 1 aromatic carbocycles. The largest absolute Gasteiger partial charge is 0.364 e. The fraction of sp³-hybridized carbons (Fsp3) is 0.385. The summed E-state index contributed by atoms with van der Waals surface area (Å²) in [7, 11) is 0. The quantitative estimate of drug-likeness (QED) is 0.705. The van der Waals surface area contributed by atoms with Crippen LogP contribution in [0, 0.1) is 6.92 Å². The van der Waals surface area contributed by atoms with Gasteiger partial charge >= 0.3 is 0 Å². The third-order valence-corrected chi connectivity index (χ3v) is 2.62. The van der Waals surface area contributed by atoms with Crippen LogP contribution < -0.4 is 11.1 Å². The van der Waals surface area contributed by atoms with Crippen molar-refractivity contribution in [1.29, 1.82) is 0 Å². The minimum absolute atomic E-state index is 0.00999. The first-order chi connectivity index (χ1) is 9.19. The van der Waals surface area contributed by atoms with Crippen molar-refractivity contribution in [3.05, 3.63) is 29.6 Å². The number of hydrogen-bond acceptors (Lipinski definition) is 4. The molecule has 1 aromatic heterocycles. The molecule has 0 bridgehead atoms. The lowest BCUT2D eigenvalue weighted by molar-refractivity contribution is -0.126. The van der Waals surface area contributed by atoms with Crippen molar-refractivity contribution >= 4 is 16.9 Å². The summed E-state index contributed by atoms with van der Waals surface area (Å²) < 4.78 is 5.29. The molecule has 1 heterocycles. The van der Waals surface area contributed by atoms with E-state index >= 15 is 0 Å². The van der Waals surface area contributed by atoms with Crippen LogP contribution in [0.4, 0.5) is 0 Å². The van der Waals surface area contributed by atoms with Gasteiger partial charge in [-0.3, -0.25) is 4.79 Å². The SMILES string of the molecule is Cc1ccc2nc(COCC(=O)NCCN)[nH]c2c1. The number of fused-ring (bicyclic) bond motifs is 1. The number of carbonyl (C=O) groups is 1. The Morgan fingerprint density at radius 1 is 1.53 bits per heavy atom. The third-order valence-electron chi connectivity index (χ3n) is 2.62. The van der Waals surface area contributed by atoms with Crippen molar-refractivity contribution < 1.29 is 9.53 Å². The van der Waals surface area contributed by atoms with Crippen LogP contribution in [0.1, 0.15) is 11.4 Å². The number of aromatic amines is 1. The number of rotatable bonds is 6. The van der Waals surface area contributed by atoms with Crippen LogP contribution >= 0.6 is 0 Å². The van der Waals surface area contributed by atoms with Crippen molar-refractivity contribution in [2.24, 2.45) is 5.73 Å². The number of hydrogen-bond donors (Lipinski definition) is 3. The summed E-state index contributed by atoms with van der Waals surface area (Å²) in [4.78, 5) is 18.8. The lowest BCUT2D eigenvalue weighted by atomic mass is 10.2. The molecular weight excluding hydrogens is 244 g/mol. The molecule has 6 heteroatoms. The van der Waals surface area contributed by atoms with Gasteiger partial charge in [0.15, 0.2) is 0 Å². The normalized spacial score (nSPS) is 10.8. The van der Waals surface area contributed by atoms with Gasteiger partial charge in [-0.05, 0) is 24.6 Å². The highest BCUT2D eigenvalue weighted by Crippen LogP contribution is 2.13. The maximum atomic E-state index is 11.3. The summed E-state index contributed by atoms with van der Waals surface area (Å²) in [6.07, 6.45) is 0. The van der Waals surface area contributed by atoms with Crippen molar-refractivity contribution in [2.45, 2.75) is 13.5 Å². The van der Waals surface area contributed by atoms with Crippen molar-refractivity contribution in [2.75, 3.05) is 19.7 Å². The first kappa shape index (κ1) is 13.5. The first-order valence-electron chi connectivity index (χ1n) is 6.19. The second-order valence-electron chi connectivity index (χ2n) is 4.34. The van der Waals surface area contributed by atoms with Gasteiger partial charge in [-0.25, -0.2) is 4.98 Å². The molecule has 0 aliphatic heterocycles. The van der Waals surface area contributed by atoms with E-state index < -0.39 is 0 Å². The van der Waals surface area contributed by atoms with Crippen LogP contribution in [-0.4, -0.2) is 35.6 Å². The highest BCUT2D eigenvalue weighted by Gasteiger charge is 2.05. The molecule has 0 radical (unpaired) electrons. The maximum Gasteiger partial charge on any atom is 0.246 e. The molecule has 0 saturated carbocycles. The van der Waals surface area contributed by atoms with E-state index in [1.165, 1.54) is 5.56 Å². The van der Waals surface area contributed by atoms with Crippen molar-refractivity contribution in [1.82, 2.24) is 15.3 Å². The monoisotopic (exact) mass is 262 g/mol. The van der Waals surface area contributed by atoms with Crippen LogP contribution in [0.5, 0.6) is 0 Å². The zero-order chi connectivity index (χ0) is 13.7. The Morgan fingerprint density at radius 2 is 2.37 bits per heavy atom. The van der Waals surface area contributed by atoms with Crippen LogP contribution in [-0.2, 0) is 16.1 Å². The fourth-order valence-electron chi connectivity index (χ4n) is 1.75. The molecule has 0 atom stereocenters. The highest BCUT2D eigenvalue weighted by atomic mass is 16.5. The van der Waals surface area contributed by atoms with Crippen LogP contribution in [0.15, 0.2) is 18.2 Å². The van der Waals surface area contributed by atoms with Crippen molar-refractivity contribution in [3.63, 3.8) is 0 Å². The van der Waals surface area contributed by atoms with E-state index in [1.54, 1.807) is 0 Å². The standard InChI is InChI=1S/C13H18N4O2/c1-9-2-3-10-11(6-9)17-12(16-10)7-19-8-13(18)15-5-4-14/h2-3,6H,4-5,7-8,14H2,1H3,(H,15,18)(H,16,17). The number of benzene rings is 1. The Hall–Kier alpha value is -1.92. The topological polar surface area (TPSA) is 93.0 Å². The summed E-state index contributed by atoms with van der Waals surface area (Å²) in [6, 6.07) is 5.99. The third kappa shape index (κ3) is 3.77. The lowest BCUT2D eigenvalue weighted by Crippen LogP contribution is -2.32. The predicted octanol–water partition coefficient (Wildman–Crippen LogP) is 0.463. The van der Waals surface area contributed by atoms with E-state index in [0.717, 1.165) is 11.0 Å². The van der Waals surface area contributed by atoms with E-state index in [9.17, 15) is 4.79 Å². The Morgan fingerprint density at radius 3 is 3.16 bits per heavy atom. The average Bonchev–Trinajstić information content (AvgIpc) is 2.78. The molecule has 6 nitrogen and oxygen atoms in total. The Labute approximate surface area is 111 Å². The molecule has 0 fully saturated rings. The van der Waals surface area contributed by atoms with Gasteiger partial charge < -0.3 is 20.8 Å². The predicted molar refractivity (Wildman–Crippen MR) is 72.6 cm³/mol. The minimum Gasteiger partial charge on any atom is -0.364 e. The number of ether oxygens (including phenoxy) is 1. The zero-order valence-corrected chi connectivity index (χ0v) is 10.9. The number of imidazole rings is 1. The second kappa shape index (κ2) is 6.31. The number of aromatic nitrogens is 2. The van der Waals surface area contributed by atoms with E-state index in [-0.39, 0.29) is 19.1 Å². The van der Waals surface area contributed by atoms with Crippen LogP contribution in [0.2, 0.25) is 0 Å². The second-order valence-corrected chi connectivity index (χ2v) is 4.34. The molecule has 0 saturated heterocycles. The molecule has 0 aliphatic rings. The van der Waals surface area contributed by atoms with E-state index in [1.807, 2.05) is 25.1 Å². The van der Waals surface area contributed by atoms with Crippen LogP contribution in [0.3, 0.4) is 0 Å². The molecule has 2 aromatic rings. The smallest absolute Gasteiger partial charge is 0.246 e. The molecular formula is C13H18N4O2. The Kier molecular flexibility index (Phi) is 4.48. The molecule has 1 amide bonds. The van der Waals surface area contributed by atoms with Gasteiger partial charge in [-0.1, -0.05) is 6.07 Å². The molecule has 0 unspecified atom stereocenters. The number of carbonyl (C=O) groups excluding carboxylic acids is 1. The van der Waals surface area contributed by atoms with E-state index in [4.69, 9.17) is 10.5 Å². The number of H-pyrrole nitrogens is 1. The number of nitrogens with two attached hydrogens (primary N) is 1. The minimum atomic E-state index is -0.169. The maximum absolute atomic E-state index is 11.3. The van der Waals surface area contributed by atoms with Crippen molar-refractivity contribution in [3.8, 4) is 0 Å². The summed E-state index contributed by atoms with van der Waals surface area (Å²) in [6.45, 7) is 3.21. The summed E-state index contributed by atoms with van der Waals surface area (Å²) in [5, 5.41) is 2.63. The molecule has 2 rings (SSSR count). The van der Waals surface area contributed by atoms with Gasteiger partial charge in [0, 0.05) is 13.1 Å². The summed E-state index contributed by atoms with van der Waals surface area (Å²) in [5.41, 5.74) is 8.33. The lowest BCUT2D eigenvalue weighted by Gasteiger charge is -2.03. The number of nitrogens with one attached hydrogen (secondary N) is 2. The molecule has 19 heavy (non-hydrogen) atoms. The fourth-order valence-corrected chi connectivity index (χ4v) is 1.75. The number of amides is 1.